The zero-order chi connectivity index (χ0) is 18.6. The van der Waals surface area contributed by atoms with E-state index in [0.29, 0.717) is 38.5 Å². The van der Waals surface area contributed by atoms with Gasteiger partial charge in [-0.15, -0.1) is 0 Å². The lowest BCUT2D eigenvalue weighted by atomic mass is 10.3. The van der Waals surface area contributed by atoms with Crippen LogP contribution in [-0.2, 0) is 19.6 Å². The first-order valence-electron chi connectivity index (χ1n) is 8.90. The normalized spacial score (nSPS) is 19.4. The van der Waals surface area contributed by atoms with Crippen LogP contribution in [0.15, 0.2) is 23.1 Å². The van der Waals surface area contributed by atoms with Crippen LogP contribution >= 0.6 is 0 Å². The van der Waals surface area contributed by atoms with Crippen molar-refractivity contribution in [1.29, 1.82) is 0 Å². The molecule has 144 valence electrons. The van der Waals surface area contributed by atoms with E-state index >= 15 is 0 Å². The summed E-state index contributed by atoms with van der Waals surface area (Å²) in [6.07, 6.45) is 2.29. The number of nitrogens with zero attached hydrogens (tertiary/aromatic N) is 1. The van der Waals surface area contributed by atoms with Gasteiger partial charge in [0.05, 0.1) is 33.4 Å². The predicted octanol–water partition coefficient (Wildman–Crippen LogP) is -0.667. The number of benzene rings is 1. The van der Waals surface area contributed by atoms with E-state index in [1.165, 1.54) is 22.4 Å². The summed E-state index contributed by atoms with van der Waals surface area (Å²) in [6, 6.07) is 4.71. The molecule has 2 fully saturated rings. The van der Waals surface area contributed by atoms with Gasteiger partial charge < -0.3 is 19.7 Å². The average Bonchev–Trinajstić information content (AvgIpc) is 3.15. The third-order valence-electron chi connectivity index (χ3n) is 4.76. The van der Waals surface area contributed by atoms with Crippen LogP contribution in [0.25, 0.3) is 0 Å². The molecule has 2 aliphatic rings. The Morgan fingerprint density at radius 3 is 2.62 bits per heavy atom. The van der Waals surface area contributed by atoms with Gasteiger partial charge in [-0.2, -0.15) is 4.31 Å². The fraction of sp³-hybridized carbons (Fsp3) is 0.588. The number of morpholine rings is 1. The van der Waals surface area contributed by atoms with Crippen LogP contribution < -0.4 is 15.0 Å². The van der Waals surface area contributed by atoms with Crippen LogP contribution in [0, 0.1) is 0 Å². The second-order valence-electron chi connectivity index (χ2n) is 6.56. The molecule has 0 spiro atoms. The van der Waals surface area contributed by atoms with Crippen LogP contribution in [0.5, 0.6) is 5.75 Å². The fourth-order valence-corrected chi connectivity index (χ4v) is 4.96. The summed E-state index contributed by atoms with van der Waals surface area (Å²) < 4.78 is 37.8. The summed E-state index contributed by atoms with van der Waals surface area (Å²) in [5, 5.41) is 2.81. The smallest absolute Gasteiger partial charge is 0.279 e. The highest BCUT2D eigenvalue weighted by molar-refractivity contribution is 7.89. The molecule has 2 N–H and O–H groups in total. The third kappa shape index (κ3) is 4.35. The standard InChI is InChI=1S/C17H25N3O5S/c1-24-15-5-4-14(18-17(21)13-19-6-2-3-7-19)12-16(15)26(22,23)20-8-10-25-11-9-20/h4-5,12H,2-3,6-11,13H2,1H3,(H,18,21)/p+1. The van der Waals surface area contributed by atoms with Crippen molar-refractivity contribution in [3.63, 3.8) is 0 Å². The zero-order valence-electron chi connectivity index (χ0n) is 15.0. The van der Waals surface area contributed by atoms with E-state index in [9.17, 15) is 13.2 Å². The maximum Gasteiger partial charge on any atom is 0.279 e. The van der Waals surface area contributed by atoms with E-state index in [4.69, 9.17) is 9.47 Å². The number of methoxy groups -OCH3 is 1. The molecule has 2 saturated heterocycles. The van der Waals surface area contributed by atoms with E-state index in [0.717, 1.165) is 25.9 Å². The van der Waals surface area contributed by atoms with Crippen molar-refractivity contribution < 1.29 is 27.6 Å². The number of amides is 1. The topological polar surface area (TPSA) is 89.4 Å². The molecule has 0 atom stereocenters. The number of ether oxygens (including phenoxy) is 2. The van der Waals surface area contributed by atoms with E-state index in [2.05, 4.69) is 5.32 Å². The molecular weight excluding hydrogens is 358 g/mol. The number of anilines is 1. The summed E-state index contributed by atoms with van der Waals surface area (Å²) >= 11 is 0. The van der Waals surface area contributed by atoms with E-state index in [-0.39, 0.29) is 16.6 Å². The van der Waals surface area contributed by atoms with Crippen molar-refractivity contribution in [2.75, 3.05) is 58.4 Å². The van der Waals surface area contributed by atoms with E-state index < -0.39 is 10.0 Å². The Labute approximate surface area is 154 Å². The molecule has 0 aromatic heterocycles. The lowest BCUT2D eigenvalue weighted by Gasteiger charge is -2.26. The lowest BCUT2D eigenvalue weighted by molar-refractivity contribution is -0.878. The Morgan fingerprint density at radius 2 is 1.96 bits per heavy atom. The van der Waals surface area contributed by atoms with E-state index in [1.54, 1.807) is 12.1 Å². The number of hydrogen-bond acceptors (Lipinski definition) is 5. The van der Waals surface area contributed by atoms with Gasteiger partial charge in [0.1, 0.15) is 10.6 Å². The first-order chi connectivity index (χ1) is 12.5. The molecule has 0 unspecified atom stereocenters. The second-order valence-corrected chi connectivity index (χ2v) is 8.47. The summed E-state index contributed by atoms with van der Waals surface area (Å²) in [5.41, 5.74) is 0.459. The van der Waals surface area contributed by atoms with Gasteiger partial charge >= 0.3 is 0 Å². The lowest BCUT2D eigenvalue weighted by Crippen LogP contribution is -3.11. The largest absolute Gasteiger partial charge is 0.495 e. The minimum Gasteiger partial charge on any atom is -0.495 e. The highest BCUT2D eigenvalue weighted by Gasteiger charge is 2.30. The maximum atomic E-state index is 13.0. The average molecular weight is 384 g/mol. The molecule has 0 radical (unpaired) electrons. The molecular formula is C17H26N3O5S+. The summed E-state index contributed by atoms with van der Waals surface area (Å²) in [4.78, 5) is 13.6. The van der Waals surface area contributed by atoms with Gasteiger partial charge in [0, 0.05) is 31.6 Å². The van der Waals surface area contributed by atoms with Crippen LogP contribution in [0.1, 0.15) is 12.8 Å². The van der Waals surface area contributed by atoms with Gasteiger partial charge in [-0.05, 0) is 18.2 Å². The van der Waals surface area contributed by atoms with Crippen LogP contribution in [-0.4, -0.2) is 71.7 Å². The van der Waals surface area contributed by atoms with Gasteiger partial charge in [-0.25, -0.2) is 8.42 Å². The fourth-order valence-electron chi connectivity index (χ4n) is 3.37. The monoisotopic (exact) mass is 384 g/mol. The maximum absolute atomic E-state index is 13.0. The van der Waals surface area contributed by atoms with Crippen LogP contribution in [0.4, 0.5) is 5.69 Å². The molecule has 3 rings (SSSR count). The highest BCUT2D eigenvalue weighted by atomic mass is 32.2. The number of quaternary nitrogens is 1. The van der Waals surface area contributed by atoms with Crippen molar-refractivity contribution in [2.24, 2.45) is 0 Å². The number of likely N-dealkylation sites (tertiary alicyclic amines) is 1. The zero-order valence-corrected chi connectivity index (χ0v) is 15.8. The minimum atomic E-state index is -3.71. The SMILES string of the molecule is COc1ccc(NC(=O)C[NH+]2CCCC2)cc1S(=O)(=O)N1CCOCC1. The van der Waals surface area contributed by atoms with Gasteiger partial charge in [0.25, 0.3) is 5.91 Å². The van der Waals surface area contributed by atoms with Gasteiger partial charge in [-0.1, -0.05) is 0 Å². The number of sulfonamides is 1. The molecule has 8 nitrogen and oxygen atoms in total. The minimum absolute atomic E-state index is 0.0632. The predicted molar refractivity (Wildman–Crippen MR) is 96.0 cm³/mol. The number of hydrogen-bond donors (Lipinski definition) is 2. The molecule has 9 heteroatoms. The molecule has 0 bridgehead atoms. The van der Waals surface area contributed by atoms with Crippen molar-refractivity contribution in [3.8, 4) is 5.75 Å². The number of rotatable bonds is 6. The molecule has 0 aliphatic carbocycles. The van der Waals surface area contributed by atoms with Crippen LogP contribution in [0.2, 0.25) is 0 Å². The highest BCUT2D eigenvalue weighted by Crippen LogP contribution is 2.30. The van der Waals surface area contributed by atoms with Crippen molar-refractivity contribution in [2.45, 2.75) is 17.7 Å². The molecule has 0 saturated carbocycles. The summed E-state index contributed by atoms with van der Waals surface area (Å²) in [5.74, 6) is 0.154. The Balaban J connectivity index is 1.78. The molecule has 2 aliphatic heterocycles. The van der Waals surface area contributed by atoms with Crippen molar-refractivity contribution >= 4 is 21.6 Å². The molecule has 1 aromatic carbocycles. The molecule has 2 heterocycles. The number of carbonyl (C=O) groups is 1. The first kappa shape index (κ1) is 19.1. The third-order valence-corrected chi connectivity index (χ3v) is 6.68. The van der Waals surface area contributed by atoms with E-state index in [1.807, 2.05) is 0 Å². The van der Waals surface area contributed by atoms with Gasteiger partial charge in [-0.3, -0.25) is 4.79 Å². The second kappa shape index (κ2) is 8.34. The molecule has 1 amide bonds. The van der Waals surface area contributed by atoms with Crippen molar-refractivity contribution in [1.82, 2.24) is 4.31 Å². The summed E-state index contributed by atoms with van der Waals surface area (Å²) in [7, 11) is -2.28. The summed E-state index contributed by atoms with van der Waals surface area (Å²) in [6.45, 7) is 3.77. The Morgan fingerprint density at radius 1 is 1.27 bits per heavy atom. The molecule has 1 aromatic rings. The van der Waals surface area contributed by atoms with Gasteiger partial charge in [0.2, 0.25) is 10.0 Å². The van der Waals surface area contributed by atoms with Crippen LogP contribution in [0.3, 0.4) is 0 Å². The Kier molecular flexibility index (Phi) is 6.13. The van der Waals surface area contributed by atoms with Crippen molar-refractivity contribution in [3.05, 3.63) is 18.2 Å². The van der Waals surface area contributed by atoms with Gasteiger partial charge in [0.15, 0.2) is 6.54 Å². The Bertz CT molecular complexity index is 741. The molecule has 26 heavy (non-hydrogen) atoms. The number of nitrogens with one attached hydrogen (secondary N) is 2. The Hall–Kier alpha value is -1.68. The first-order valence-corrected chi connectivity index (χ1v) is 10.3. The number of carbonyl (C=O) groups excluding carboxylic acids is 1. The quantitative estimate of drug-likeness (QED) is 0.679.